The number of anilines is 1. The number of hydrogen-bond donors (Lipinski definition) is 1. The van der Waals surface area contributed by atoms with Crippen molar-refractivity contribution in [2.75, 3.05) is 24.7 Å². The summed E-state index contributed by atoms with van der Waals surface area (Å²) in [7, 11) is 1.57. The lowest BCUT2D eigenvalue weighted by Gasteiger charge is -2.31. The molecule has 2 atom stereocenters. The Kier molecular flexibility index (Phi) is 5.42. The Bertz CT molecular complexity index is 776. The predicted octanol–water partition coefficient (Wildman–Crippen LogP) is 2.84. The van der Waals surface area contributed by atoms with Crippen LogP contribution in [0.25, 0.3) is 0 Å². The number of rotatable bonds is 4. The number of benzene rings is 1. The van der Waals surface area contributed by atoms with Gasteiger partial charge in [0.2, 0.25) is 17.7 Å². The van der Waals surface area contributed by atoms with Gasteiger partial charge in [0, 0.05) is 24.9 Å². The number of nitrogens with zero attached hydrogens (tertiary/aromatic N) is 2. The van der Waals surface area contributed by atoms with Crippen LogP contribution in [-0.4, -0.2) is 57.8 Å². The number of hydrogen-bond acceptors (Lipinski definition) is 4. The number of thioether (sulfide) groups is 1. The molecule has 1 N–H and O–H groups in total. The molecule has 140 valence electrons. The van der Waals surface area contributed by atoms with Gasteiger partial charge in [-0.3, -0.25) is 14.4 Å². The molecule has 0 aliphatic carbocycles. The van der Waals surface area contributed by atoms with E-state index < -0.39 is 6.04 Å². The third-order valence-electron chi connectivity index (χ3n) is 4.69. The van der Waals surface area contributed by atoms with E-state index in [4.69, 9.17) is 23.2 Å². The highest BCUT2D eigenvalue weighted by atomic mass is 35.5. The molecule has 0 saturated carbocycles. The second-order valence-corrected chi connectivity index (χ2v) is 8.95. The summed E-state index contributed by atoms with van der Waals surface area (Å²) in [4.78, 5) is 39.9. The van der Waals surface area contributed by atoms with Gasteiger partial charge in [-0.25, -0.2) is 0 Å². The van der Waals surface area contributed by atoms with Gasteiger partial charge in [-0.05, 0) is 31.5 Å². The summed E-state index contributed by atoms with van der Waals surface area (Å²) < 4.78 is 0. The van der Waals surface area contributed by atoms with E-state index in [1.54, 1.807) is 41.9 Å². The zero-order valence-corrected chi connectivity index (χ0v) is 16.7. The van der Waals surface area contributed by atoms with Gasteiger partial charge in [-0.15, -0.1) is 11.8 Å². The van der Waals surface area contributed by atoms with Crippen molar-refractivity contribution in [3.63, 3.8) is 0 Å². The molecule has 0 bridgehead atoms. The lowest BCUT2D eigenvalue weighted by Crippen LogP contribution is -2.51. The van der Waals surface area contributed by atoms with Gasteiger partial charge in [0.1, 0.15) is 6.04 Å². The van der Waals surface area contributed by atoms with Gasteiger partial charge in [0.05, 0.1) is 21.5 Å². The van der Waals surface area contributed by atoms with Crippen molar-refractivity contribution in [2.45, 2.75) is 30.7 Å². The lowest BCUT2D eigenvalue weighted by atomic mass is 10.2. The molecule has 2 heterocycles. The zero-order chi connectivity index (χ0) is 19.1. The first-order valence-corrected chi connectivity index (χ1v) is 9.91. The molecule has 1 aromatic rings. The lowest BCUT2D eigenvalue weighted by molar-refractivity contribution is -0.143. The van der Waals surface area contributed by atoms with E-state index in [9.17, 15) is 14.4 Å². The first kappa shape index (κ1) is 19.3. The Balaban J connectivity index is 1.61. The van der Waals surface area contributed by atoms with Crippen LogP contribution < -0.4 is 5.32 Å². The van der Waals surface area contributed by atoms with Crippen LogP contribution in [-0.2, 0) is 14.4 Å². The van der Waals surface area contributed by atoms with Crippen LogP contribution in [0.2, 0.25) is 10.0 Å². The molecule has 2 saturated heterocycles. The molecular weight excluding hydrogens is 397 g/mol. The Hall–Kier alpha value is -1.44. The van der Waals surface area contributed by atoms with Gasteiger partial charge in [0.15, 0.2) is 0 Å². The number of nitrogens with one attached hydrogen (secondary N) is 1. The third kappa shape index (κ3) is 3.66. The highest BCUT2D eigenvalue weighted by Gasteiger charge is 2.53. The van der Waals surface area contributed by atoms with E-state index in [0.717, 1.165) is 6.42 Å². The van der Waals surface area contributed by atoms with E-state index >= 15 is 0 Å². The monoisotopic (exact) mass is 415 g/mol. The van der Waals surface area contributed by atoms with Crippen LogP contribution in [0, 0.1) is 0 Å². The quantitative estimate of drug-likeness (QED) is 0.820. The normalized spacial score (nSPS) is 24.5. The van der Waals surface area contributed by atoms with Crippen molar-refractivity contribution in [1.82, 2.24) is 9.80 Å². The van der Waals surface area contributed by atoms with E-state index in [-0.39, 0.29) is 29.1 Å². The van der Waals surface area contributed by atoms with E-state index in [2.05, 4.69) is 5.32 Å². The Labute approximate surface area is 166 Å². The summed E-state index contributed by atoms with van der Waals surface area (Å²) in [6, 6.07) is 4.26. The number of fused-ring (bicyclic) bond motifs is 1. The minimum Gasteiger partial charge on any atom is -0.335 e. The summed E-state index contributed by atoms with van der Waals surface area (Å²) in [5, 5.41) is 3.42. The molecule has 2 aliphatic heterocycles. The summed E-state index contributed by atoms with van der Waals surface area (Å²) in [6.45, 7) is 1.88. The second-order valence-electron chi connectivity index (χ2n) is 6.64. The molecular formula is C17H19Cl2N3O3S. The second kappa shape index (κ2) is 7.29. The van der Waals surface area contributed by atoms with Crippen molar-refractivity contribution < 1.29 is 14.4 Å². The van der Waals surface area contributed by atoms with Crippen molar-refractivity contribution in [1.29, 1.82) is 0 Å². The van der Waals surface area contributed by atoms with E-state index in [1.807, 2.05) is 6.92 Å². The average molecular weight is 416 g/mol. The van der Waals surface area contributed by atoms with Gasteiger partial charge in [-0.1, -0.05) is 23.2 Å². The van der Waals surface area contributed by atoms with Gasteiger partial charge in [0.25, 0.3) is 0 Å². The summed E-state index contributed by atoms with van der Waals surface area (Å²) in [6.07, 6.45) is 1.22. The van der Waals surface area contributed by atoms with Gasteiger partial charge >= 0.3 is 0 Å². The molecule has 9 heteroatoms. The standard InChI is InChI=1S/C17H19Cl2N3O3S/c1-17-6-5-15(24)22(17)13(9-26-17)16(25)21(2)8-14(23)20-10-3-4-11(18)12(19)7-10/h3-4,7,13H,5-6,8-9H2,1-2H3,(H,20,23)/t13-,17+/m0/s1. The topological polar surface area (TPSA) is 69.7 Å². The first-order valence-electron chi connectivity index (χ1n) is 8.17. The van der Waals surface area contributed by atoms with Gasteiger partial charge in [-0.2, -0.15) is 0 Å². The third-order valence-corrected chi connectivity index (χ3v) is 6.93. The summed E-state index contributed by atoms with van der Waals surface area (Å²) in [5.74, 6) is -0.00881. The highest BCUT2D eigenvalue weighted by Crippen LogP contribution is 2.47. The molecule has 0 unspecified atom stereocenters. The van der Waals surface area contributed by atoms with E-state index in [1.165, 1.54) is 4.90 Å². The molecule has 0 radical (unpaired) electrons. The number of amides is 3. The SMILES string of the molecule is CN(CC(=O)Nc1ccc(Cl)c(Cl)c1)C(=O)[C@@H]1CS[C@]2(C)CCC(=O)N12. The number of carbonyl (C=O) groups is 3. The minimum atomic E-state index is -0.511. The minimum absolute atomic E-state index is 0.00417. The highest BCUT2D eigenvalue weighted by molar-refractivity contribution is 8.01. The Morgan fingerprint density at radius 3 is 2.81 bits per heavy atom. The maximum absolute atomic E-state index is 12.8. The average Bonchev–Trinajstić information content (AvgIpc) is 3.06. The largest absolute Gasteiger partial charge is 0.335 e. The van der Waals surface area contributed by atoms with Crippen LogP contribution >= 0.6 is 35.0 Å². The first-order chi connectivity index (χ1) is 12.2. The smallest absolute Gasteiger partial charge is 0.246 e. The number of carbonyl (C=O) groups excluding carboxylic acids is 3. The molecule has 6 nitrogen and oxygen atoms in total. The van der Waals surface area contributed by atoms with Crippen molar-refractivity contribution >= 4 is 58.4 Å². The molecule has 0 spiro atoms. The fourth-order valence-corrected chi connectivity index (χ4v) is 5.05. The maximum Gasteiger partial charge on any atom is 0.246 e. The van der Waals surface area contributed by atoms with Crippen molar-refractivity contribution in [2.24, 2.45) is 0 Å². The fourth-order valence-electron chi connectivity index (χ4n) is 3.33. The molecule has 3 amide bonds. The molecule has 26 heavy (non-hydrogen) atoms. The Morgan fingerprint density at radius 1 is 1.38 bits per heavy atom. The molecule has 1 aromatic carbocycles. The number of halogens is 2. The van der Waals surface area contributed by atoms with Crippen LogP contribution in [0.15, 0.2) is 18.2 Å². The molecule has 3 rings (SSSR count). The predicted molar refractivity (Wildman–Crippen MR) is 103 cm³/mol. The summed E-state index contributed by atoms with van der Waals surface area (Å²) in [5.41, 5.74) is 0.504. The van der Waals surface area contributed by atoms with Crippen LogP contribution in [0.1, 0.15) is 19.8 Å². The van der Waals surface area contributed by atoms with E-state index in [0.29, 0.717) is 27.9 Å². The van der Waals surface area contributed by atoms with Crippen LogP contribution in [0.5, 0.6) is 0 Å². The molecule has 0 aromatic heterocycles. The van der Waals surface area contributed by atoms with Crippen molar-refractivity contribution in [3.05, 3.63) is 28.2 Å². The van der Waals surface area contributed by atoms with Crippen molar-refractivity contribution in [3.8, 4) is 0 Å². The fraction of sp³-hybridized carbons (Fsp3) is 0.471. The zero-order valence-electron chi connectivity index (χ0n) is 14.4. The molecule has 2 aliphatic rings. The summed E-state index contributed by atoms with van der Waals surface area (Å²) >= 11 is 13.4. The van der Waals surface area contributed by atoms with Crippen LogP contribution in [0.3, 0.4) is 0 Å². The number of likely N-dealkylation sites (N-methyl/N-ethyl adjacent to an activating group) is 1. The van der Waals surface area contributed by atoms with Crippen LogP contribution in [0.4, 0.5) is 5.69 Å². The van der Waals surface area contributed by atoms with Gasteiger partial charge < -0.3 is 15.1 Å². The molecule has 2 fully saturated rings. The maximum atomic E-state index is 12.8. The Morgan fingerprint density at radius 2 is 2.12 bits per heavy atom.